The zero-order valence-electron chi connectivity index (χ0n) is 12.8. The van der Waals surface area contributed by atoms with Gasteiger partial charge in [0.25, 0.3) is 0 Å². The zero-order valence-corrected chi connectivity index (χ0v) is 13.6. The third-order valence-corrected chi connectivity index (χ3v) is 5.83. The number of methoxy groups -OCH3 is 1. The van der Waals surface area contributed by atoms with Crippen molar-refractivity contribution in [2.45, 2.75) is 13.0 Å². The number of rotatable bonds is 4. The number of ether oxygens (including phenoxy) is 2. The van der Waals surface area contributed by atoms with Crippen molar-refractivity contribution in [2.75, 3.05) is 18.6 Å². The fourth-order valence-electron chi connectivity index (χ4n) is 2.74. The van der Waals surface area contributed by atoms with Crippen LogP contribution in [0.1, 0.15) is 12.0 Å². The van der Waals surface area contributed by atoms with Crippen molar-refractivity contribution in [3.8, 4) is 5.75 Å². The molecule has 1 aliphatic rings. The summed E-state index contributed by atoms with van der Waals surface area (Å²) in [6, 6.07) is 11.5. The molecular weight excluding hydrogens is 316 g/mol. The van der Waals surface area contributed by atoms with Gasteiger partial charge < -0.3 is 9.47 Å². The summed E-state index contributed by atoms with van der Waals surface area (Å²) >= 11 is 0. The van der Waals surface area contributed by atoms with Gasteiger partial charge in [0.1, 0.15) is 12.4 Å². The lowest BCUT2D eigenvalue weighted by molar-refractivity contribution is -0.148. The third-order valence-electron chi connectivity index (χ3n) is 4.06. The third kappa shape index (κ3) is 3.64. The van der Waals surface area contributed by atoms with E-state index in [-0.39, 0.29) is 18.1 Å². The van der Waals surface area contributed by atoms with Crippen LogP contribution in [0.25, 0.3) is 10.8 Å². The Morgan fingerprint density at radius 1 is 1.17 bits per heavy atom. The Balaban J connectivity index is 1.66. The van der Waals surface area contributed by atoms with Crippen molar-refractivity contribution in [2.24, 2.45) is 5.92 Å². The number of carbonyl (C=O) groups is 1. The largest absolute Gasteiger partial charge is 0.497 e. The van der Waals surface area contributed by atoms with Gasteiger partial charge in [0.2, 0.25) is 0 Å². The lowest BCUT2D eigenvalue weighted by atomic mass is 10.1. The maximum absolute atomic E-state index is 12.0. The first-order valence-corrected chi connectivity index (χ1v) is 9.23. The molecule has 6 heteroatoms. The van der Waals surface area contributed by atoms with E-state index in [4.69, 9.17) is 9.47 Å². The molecule has 0 N–H and O–H groups in total. The summed E-state index contributed by atoms with van der Waals surface area (Å²) in [5, 5.41) is 2.07. The smallest absolute Gasteiger partial charge is 0.310 e. The molecule has 2 aromatic carbocycles. The van der Waals surface area contributed by atoms with Gasteiger partial charge in [0, 0.05) is 0 Å². The Morgan fingerprint density at radius 2 is 1.91 bits per heavy atom. The molecule has 0 aliphatic carbocycles. The molecule has 0 saturated carbocycles. The number of hydrogen-bond donors (Lipinski definition) is 0. The molecule has 23 heavy (non-hydrogen) atoms. The molecule has 1 saturated heterocycles. The van der Waals surface area contributed by atoms with Crippen molar-refractivity contribution in [1.82, 2.24) is 0 Å². The van der Waals surface area contributed by atoms with Crippen LogP contribution in [-0.4, -0.2) is 33.0 Å². The summed E-state index contributed by atoms with van der Waals surface area (Å²) in [5.74, 6) is -0.182. The summed E-state index contributed by atoms with van der Waals surface area (Å²) in [6.45, 7) is 0.150. The summed E-state index contributed by atoms with van der Waals surface area (Å²) in [4.78, 5) is 12.0. The fraction of sp³-hybridized carbons (Fsp3) is 0.353. The maximum atomic E-state index is 12.0. The summed E-state index contributed by atoms with van der Waals surface area (Å²) in [7, 11) is -1.45. The van der Waals surface area contributed by atoms with Crippen molar-refractivity contribution < 1.29 is 22.7 Å². The Morgan fingerprint density at radius 3 is 2.61 bits per heavy atom. The monoisotopic (exact) mass is 334 g/mol. The lowest BCUT2D eigenvalue weighted by Gasteiger charge is -2.10. The molecule has 0 spiro atoms. The Kier molecular flexibility index (Phi) is 4.26. The molecule has 0 bridgehead atoms. The molecule has 1 fully saturated rings. The molecule has 0 amide bonds. The van der Waals surface area contributed by atoms with E-state index in [1.54, 1.807) is 7.11 Å². The number of fused-ring (bicyclic) bond motifs is 1. The van der Waals surface area contributed by atoms with Gasteiger partial charge in [-0.15, -0.1) is 0 Å². The van der Waals surface area contributed by atoms with E-state index in [0.29, 0.717) is 6.42 Å². The van der Waals surface area contributed by atoms with Gasteiger partial charge >= 0.3 is 5.97 Å². The SMILES string of the molecule is COc1ccc2cc(COC(=O)C3CCS(=O)(=O)C3)ccc2c1. The van der Waals surface area contributed by atoms with Crippen LogP contribution in [0.15, 0.2) is 36.4 Å². The van der Waals surface area contributed by atoms with Gasteiger partial charge in [0.15, 0.2) is 9.84 Å². The molecule has 1 aliphatic heterocycles. The van der Waals surface area contributed by atoms with E-state index >= 15 is 0 Å². The highest BCUT2D eigenvalue weighted by molar-refractivity contribution is 7.91. The molecule has 1 atom stereocenters. The second-order valence-electron chi connectivity index (χ2n) is 5.76. The first-order chi connectivity index (χ1) is 11.0. The quantitative estimate of drug-likeness (QED) is 0.803. The van der Waals surface area contributed by atoms with E-state index in [1.165, 1.54) is 0 Å². The fourth-order valence-corrected chi connectivity index (χ4v) is 4.47. The average molecular weight is 334 g/mol. The molecule has 3 rings (SSSR count). The molecule has 0 aromatic heterocycles. The minimum atomic E-state index is -3.07. The number of benzene rings is 2. The van der Waals surface area contributed by atoms with Gasteiger partial charge in [-0.05, 0) is 41.0 Å². The van der Waals surface area contributed by atoms with E-state index in [0.717, 1.165) is 22.1 Å². The van der Waals surface area contributed by atoms with E-state index in [2.05, 4.69) is 0 Å². The van der Waals surface area contributed by atoms with Crippen molar-refractivity contribution in [3.63, 3.8) is 0 Å². The normalized spacial score (nSPS) is 19.6. The first kappa shape index (κ1) is 15.8. The standard InChI is InChI=1S/C17H18O5S/c1-21-16-5-4-13-8-12(2-3-14(13)9-16)10-22-17(18)15-6-7-23(19,20)11-15/h2-5,8-9,15H,6-7,10-11H2,1H3. The zero-order chi connectivity index (χ0) is 16.4. The van der Waals surface area contributed by atoms with Crippen LogP contribution in [-0.2, 0) is 26.0 Å². The summed E-state index contributed by atoms with van der Waals surface area (Å²) in [5.41, 5.74) is 0.872. The van der Waals surface area contributed by atoms with E-state index in [1.807, 2.05) is 36.4 Å². The number of esters is 1. The van der Waals surface area contributed by atoms with Crippen molar-refractivity contribution >= 4 is 26.6 Å². The number of carbonyl (C=O) groups excluding carboxylic acids is 1. The predicted octanol–water partition coefficient (Wildman–Crippen LogP) is 2.33. The van der Waals surface area contributed by atoms with Gasteiger partial charge in [-0.3, -0.25) is 4.79 Å². The number of hydrogen-bond acceptors (Lipinski definition) is 5. The van der Waals surface area contributed by atoms with Crippen LogP contribution >= 0.6 is 0 Å². The first-order valence-electron chi connectivity index (χ1n) is 7.40. The van der Waals surface area contributed by atoms with Crippen molar-refractivity contribution in [1.29, 1.82) is 0 Å². The van der Waals surface area contributed by atoms with Crippen LogP contribution in [0.5, 0.6) is 5.75 Å². The van der Waals surface area contributed by atoms with Gasteiger partial charge in [-0.2, -0.15) is 0 Å². The minimum absolute atomic E-state index is 0.0740. The highest BCUT2D eigenvalue weighted by Crippen LogP contribution is 2.23. The maximum Gasteiger partial charge on any atom is 0.310 e. The van der Waals surface area contributed by atoms with Crippen LogP contribution in [0.2, 0.25) is 0 Å². The molecule has 5 nitrogen and oxygen atoms in total. The minimum Gasteiger partial charge on any atom is -0.497 e. The second kappa shape index (κ2) is 6.20. The van der Waals surface area contributed by atoms with Crippen LogP contribution in [0.3, 0.4) is 0 Å². The average Bonchev–Trinajstić information content (AvgIpc) is 2.92. The van der Waals surface area contributed by atoms with Gasteiger partial charge in [-0.1, -0.05) is 18.2 Å². The van der Waals surface area contributed by atoms with Gasteiger partial charge in [-0.25, -0.2) is 8.42 Å². The molecular formula is C17H18O5S. The van der Waals surface area contributed by atoms with Crippen LogP contribution in [0, 0.1) is 5.92 Å². The molecule has 2 aromatic rings. The lowest BCUT2D eigenvalue weighted by Crippen LogP contribution is -2.18. The topological polar surface area (TPSA) is 69.7 Å². The summed E-state index contributed by atoms with van der Waals surface area (Å²) in [6.07, 6.45) is 0.360. The number of sulfone groups is 1. The second-order valence-corrected chi connectivity index (χ2v) is 7.98. The Bertz CT molecular complexity index is 841. The highest BCUT2D eigenvalue weighted by Gasteiger charge is 2.33. The highest BCUT2D eigenvalue weighted by atomic mass is 32.2. The molecule has 1 unspecified atom stereocenters. The predicted molar refractivity (Wildman–Crippen MR) is 87.1 cm³/mol. The van der Waals surface area contributed by atoms with Gasteiger partial charge in [0.05, 0.1) is 24.5 Å². The van der Waals surface area contributed by atoms with E-state index < -0.39 is 21.7 Å². The Labute approximate surface area is 135 Å². The molecule has 0 radical (unpaired) electrons. The molecule has 122 valence electrons. The van der Waals surface area contributed by atoms with Crippen LogP contribution < -0.4 is 4.74 Å². The van der Waals surface area contributed by atoms with Crippen molar-refractivity contribution in [3.05, 3.63) is 42.0 Å². The molecule has 1 heterocycles. The summed E-state index contributed by atoms with van der Waals surface area (Å²) < 4.78 is 33.3. The van der Waals surface area contributed by atoms with Crippen LogP contribution in [0.4, 0.5) is 0 Å². The Hall–Kier alpha value is -2.08. The van der Waals surface area contributed by atoms with E-state index in [9.17, 15) is 13.2 Å².